The third-order valence-corrected chi connectivity index (χ3v) is 5.15. The summed E-state index contributed by atoms with van der Waals surface area (Å²) >= 11 is 0. The van der Waals surface area contributed by atoms with E-state index in [0.29, 0.717) is 18.9 Å². The number of imidazole rings is 1. The van der Waals surface area contributed by atoms with Gasteiger partial charge in [0.1, 0.15) is 6.73 Å². The molecule has 0 saturated heterocycles. The molecule has 1 aromatic heterocycles. The van der Waals surface area contributed by atoms with E-state index in [2.05, 4.69) is 25.6 Å². The number of allylic oxidation sites excluding steroid dienone is 1. The SMILES string of the molecule is C=CCn1c(=N)n(COCCCCCCCCCCCC)c2ccccc21. The highest BCUT2D eigenvalue weighted by molar-refractivity contribution is 5.75. The first-order valence-corrected chi connectivity index (χ1v) is 10.7. The molecule has 0 unspecified atom stereocenters. The second kappa shape index (κ2) is 12.6. The third-order valence-electron chi connectivity index (χ3n) is 5.15. The molecule has 0 amide bonds. The Balaban J connectivity index is 1.66. The van der Waals surface area contributed by atoms with Crippen LogP contribution in [0, 0.1) is 5.41 Å². The van der Waals surface area contributed by atoms with Crippen molar-refractivity contribution in [3.8, 4) is 0 Å². The minimum absolute atomic E-state index is 0.445. The zero-order chi connectivity index (χ0) is 19.3. The van der Waals surface area contributed by atoms with Crippen molar-refractivity contribution in [2.45, 2.75) is 84.4 Å². The zero-order valence-electron chi connectivity index (χ0n) is 17.1. The Labute approximate surface area is 164 Å². The van der Waals surface area contributed by atoms with Gasteiger partial charge in [0.05, 0.1) is 11.0 Å². The Morgan fingerprint density at radius 1 is 0.889 bits per heavy atom. The molecule has 4 nitrogen and oxygen atoms in total. The lowest BCUT2D eigenvalue weighted by atomic mass is 10.1. The van der Waals surface area contributed by atoms with Crippen LogP contribution in [0.5, 0.6) is 0 Å². The monoisotopic (exact) mass is 371 g/mol. The van der Waals surface area contributed by atoms with Crippen LogP contribution in [0.4, 0.5) is 0 Å². The van der Waals surface area contributed by atoms with Crippen molar-refractivity contribution in [2.24, 2.45) is 0 Å². The van der Waals surface area contributed by atoms with Gasteiger partial charge >= 0.3 is 0 Å². The van der Waals surface area contributed by atoms with Crippen LogP contribution in [0.3, 0.4) is 0 Å². The Morgan fingerprint density at radius 2 is 1.44 bits per heavy atom. The van der Waals surface area contributed by atoms with Crippen LogP contribution in [0.2, 0.25) is 0 Å². The van der Waals surface area contributed by atoms with Gasteiger partial charge in [0.2, 0.25) is 5.62 Å². The smallest absolute Gasteiger partial charge is 0.205 e. The molecule has 1 aromatic carbocycles. The largest absolute Gasteiger partial charge is 0.361 e. The number of hydrogen-bond donors (Lipinski definition) is 1. The van der Waals surface area contributed by atoms with Crippen molar-refractivity contribution in [2.75, 3.05) is 6.61 Å². The van der Waals surface area contributed by atoms with Crippen LogP contribution in [0.1, 0.15) is 71.1 Å². The molecule has 0 bridgehead atoms. The van der Waals surface area contributed by atoms with Crippen LogP contribution in [-0.4, -0.2) is 15.7 Å². The molecule has 2 aromatic rings. The number of rotatable bonds is 15. The predicted molar refractivity (Wildman–Crippen MR) is 114 cm³/mol. The van der Waals surface area contributed by atoms with Gasteiger partial charge in [-0.1, -0.05) is 82.9 Å². The van der Waals surface area contributed by atoms with Crippen molar-refractivity contribution in [1.29, 1.82) is 5.41 Å². The van der Waals surface area contributed by atoms with Crippen molar-refractivity contribution >= 4 is 11.0 Å². The zero-order valence-corrected chi connectivity index (χ0v) is 17.1. The number of nitrogens with zero attached hydrogens (tertiary/aromatic N) is 2. The van der Waals surface area contributed by atoms with Gasteiger partial charge in [0.15, 0.2) is 0 Å². The van der Waals surface area contributed by atoms with Gasteiger partial charge in [-0.3, -0.25) is 9.98 Å². The number of fused-ring (bicyclic) bond motifs is 1. The van der Waals surface area contributed by atoms with Crippen molar-refractivity contribution in [3.05, 3.63) is 42.5 Å². The van der Waals surface area contributed by atoms with Crippen LogP contribution < -0.4 is 5.62 Å². The number of hydrogen-bond acceptors (Lipinski definition) is 2. The molecule has 0 radical (unpaired) electrons. The van der Waals surface area contributed by atoms with Crippen LogP contribution in [0.15, 0.2) is 36.9 Å². The molecular weight excluding hydrogens is 334 g/mol. The molecule has 1 N–H and O–H groups in total. The summed E-state index contributed by atoms with van der Waals surface area (Å²) < 4.78 is 9.78. The van der Waals surface area contributed by atoms with Crippen molar-refractivity contribution in [1.82, 2.24) is 9.13 Å². The van der Waals surface area contributed by atoms with Gasteiger partial charge in [-0.25, -0.2) is 0 Å². The first-order valence-electron chi connectivity index (χ1n) is 10.7. The summed E-state index contributed by atoms with van der Waals surface area (Å²) in [5.74, 6) is 0. The summed E-state index contributed by atoms with van der Waals surface area (Å²) in [6, 6.07) is 8.13. The maximum Gasteiger partial charge on any atom is 0.205 e. The molecule has 0 aliphatic carbocycles. The molecule has 0 fully saturated rings. The predicted octanol–water partition coefficient (Wildman–Crippen LogP) is 6.00. The molecule has 0 spiro atoms. The van der Waals surface area contributed by atoms with Gasteiger partial charge in [0.25, 0.3) is 0 Å². The summed E-state index contributed by atoms with van der Waals surface area (Å²) in [7, 11) is 0. The highest BCUT2D eigenvalue weighted by Crippen LogP contribution is 2.13. The van der Waals surface area contributed by atoms with Crippen molar-refractivity contribution in [3.63, 3.8) is 0 Å². The highest BCUT2D eigenvalue weighted by atomic mass is 16.5. The molecule has 0 aliphatic heterocycles. The van der Waals surface area contributed by atoms with E-state index in [0.717, 1.165) is 24.1 Å². The van der Waals surface area contributed by atoms with Gasteiger partial charge in [-0.15, -0.1) is 6.58 Å². The fourth-order valence-corrected chi connectivity index (χ4v) is 3.59. The summed E-state index contributed by atoms with van der Waals surface area (Å²) in [4.78, 5) is 0. The van der Waals surface area contributed by atoms with E-state index in [1.807, 2.05) is 27.3 Å². The number of nitrogens with one attached hydrogen (secondary N) is 1. The Morgan fingerprint density at radius 3 is 2.04 bits per heavy atom. The highest BCUT2D eigenvalue weighted by Gasteiger charge is 2.09. The fraction of sp³-hybridized carbons (Fsp3) is 0.609. The number of benzene rings is 1. The molecule has 0 atom stereocenters. The second-order valence-electron chi connectivity index (χ2n) is 7.36. The average Bonchev–Trinajstić information content (AvgIpc) is 2.95. The number of unbranched alkanes of at least 4 members (excludes halogenated alkanes) is 9. The lowest BCUT2D eigenvalue weighted by Crippen LogP contribution is -2.25. The fourth-order valence-electron chi connectivity index (χ4n) is 3.59. The minimum Gasteiger partial charge on any atom is -0.361 e. The van der Waals surface area contributed by atoms with Gasteiger partial charge in [-0.2, -0.15) is 0 Å². The molecule has 150 valence electrons. The summed E-state index contributed by atoms with van der Waals surface area (Å²) in [6.07, 6.45) is 15.2. The van der Waals surface area contributed by atoms with E-state index >= 15 is 0 Å². The second-order valence-corrected chi connectivity index (χ2v) is 7.36. The van der Waals surface area contributed by atoms with Crippen LogP contribution >= 0.6 is 0 Å². The lowest BCUT2D eigenvalue weighted by molar-refractivity contribution is 0.0730. The maximum atomic E-state index is 8.43. The number of para-hydroxylation sites is 2. The average molecular weight is 372 g/mol. The third kappa shape index (κ3) is 6.69. The van der Waals surface area contributed by atoms with E-state index in [1.165, 1.54) is 57.8 Å². The topological polar surface area (TPSA) is 42.9 Å². The number of ether oxygens (including phenoxy) is 1. The van der Waals surface area contributed by atoms with Crippen LogP contribution in [0.25, 0.3) is 11.0 Å². The standard InChI is InChI=1S/C23H37N3O/c1-3-5-6-7-8-9-10-11-12-15-19-27-20-26-22-17-14-13-16-21(22)25(18-4-2)23(26)24/h4,13-14,16-17,24H,2-3,5-12,15,18-20H2,1H3. The van der Waals surface area contributed by atoms with E-state index < -0.39 is 0 Å². The molecule has 1 heterocycles. The van der Waals surface area contributed by atoms with Crippen molar-refractivity contribution < 1.29 is 4.74 Å². The molecule has 0 saturated carbocycles. The lowest BCUT2D eigenvalue weighted by Gasteiger charge is -2.07. The minimum atomic E-state index is 0.445. The van der Waals surface area contributed by atoms with Crippen LogP contribution in [-0.2, 0) is 18.0 Å². The summed E-state index contributed by atoms with van der Waals surface area (Å²) in [5, 5.41) is 8.43. The first-order chi connectivity index (χ1) is 13.3. The van der Waals surface area contributed by atoms with E-state index in [9.17, 15) is 0 Å². The van der Waals surface area contributed by atoms with Gasteiger partial charge in [0, 0.05) is 13.2 Å². The van der Waals surface area contributed by atoms with E-state index in [1.54, 1.807) is 0 Å². The van der Waals surface area contributed by atoms with E-state index in [4.69, 9.17) is 10.1 Å². The summed E-state index contributed by atoms with van der Waals surface area (Å²) in [6.45, 7) is 7.93. The normalized spacial score (nSPS) is 11.3. The van der Waals surface area contributed by atoms with Gasteiger partial charge in [-0.05, 0) is 18.6 Å². The number of aromatic nitrogens is 2. The Bertz CT molecular complexity index is 729. The molecular formula is C23H37N3O. The molecule has 0 aliphatic rings. The Hall–Kier alpha value is -1.81. The van der Waals surface area contributed by atoms with Gasteiger partial charge < -0.3 is 9.30 Å². The summed E-state index contributed by atoms with van der Waals surface area (Å²) in [5.41, 5.74) is 2.58. The maximum absolute atomic E-state index is 8.43. The molecule has 4 heteroatoms. The first kappa shape index (κ1) is 21.5. The van der Waals surface area contributed by atoms with E-state index in [-0.39, 0.29) is 0 Å². The Kier molecular flexibility index (Phi) is 9.99. The molecule has 27 heavy (non-hydrogen) atoms. The quantitative estimate of drug-likeness (QED) is 0.303. The molecule has 2 rings (SSSR count).